The molecule has 1 aliphatic rings. The number of alkyl halides is 1. The largest absolute Gasteiger partial charge is 0.338 e. The van der Waals surface area contributed by atoms with Crippen LogP contribution in [0.1, 0.15) is 19.0 Å². The average Bonchev–Trinajstić information content (AvgIpc) is 2.76. The summed E-state index contributed by atoms with van der Waals surface area (Å²) >= 11 is 1.52. The molecule has 1 aromatic heterocycles. The van der Waals surface area contributed by atoms with E-state index in [1.165, 1.54) is 18.3 Å². The van der Waals surface area contributed by atoms with Crippen molar-refractivity contribution in [3.63, 3.8) is 0 Å². The van der Waals surface area contributed by atoms with Crippen LogP contribution in [0.2, 0.25) is 0 Å². The van der Waals surface area contributed by atoms with Crippen LogP contribution in [0.5, 0.6) is 0 Å². The Hall–Kier alpha value is -1.01. The van der Waals surface area contributed by atoms with E-state index in [4.69, 9.17) is 0 Å². The molecule has 1 saturated heterocycles. The molecule has 0 saturated carbocycles. The Morgan fingerprint density at radius 3 is 3.28 bits per heavy atom. The minimum absolute atomic E-state index is 0.00979. The molecule has 2 rings (SSSR count). The van der Waals surface area contributed by atoms with Crippen LogP contribution in [0.3, 0.4) is 0 Å². The zero-order valence-electron chi connectivity index (χ0n) is 10.5. The van der Waals surface area contributed by atoms with Gasteiger partial charge in [0.05, 0.1) is 17.7 Å². The van der Waals surface area contributed by atoms with E-state index in [1.807, 2.05) is 5.38 Å². The highest BCUT2D eigenvalue weighted by Crippen LogP contribution is 2.15. The first-order valence-electron chi connectivity index (χ1n) is 6.11. The molecule has 1 aromatic rings. The smallest absolute Gasteiger partial charge is 0.223 e. The summed E-state index contributed by atoms with van der Waals surface area (Å²) in [4.78, 5) is 17.8. The summed E-state index contributed by atoms with van der Waals surface area (Å²) in [5.74, 6) is 0.00979. The van der Waals surface area contributed by atoms with E-state index in [9.17, 15) is 9.18 Å². The van der Waals surface area contributed by atoms with Gasteiger partial charge in [-0.2, -0.15) is 0 Å². The van der Waals surface area contributed by atoms with Crippen molar-refractivity contribution in [1.82, 2.24) is 15.2 Å². The number of nitrogens with one attached hydrogen (secondary N) is 1. The third-order valence-electron chi connectivity index (χ3n) is 3.00. The second-order valence-electron chi connectivity index (χ2n) is 4.89. The maximum Gasteiger partial charge on any atom is 0.223 e. The van der Waals surface area contributed by atoms with E-state index in [1.54, 1.807) is 10.4 Å². The highest BCUT2D eigenvalue weighted by atomic mass is 32.1. The van der Waals surface area contributed by atoms with E-state index in [0.29, 0.717) is 32.5 Å². The van der Waals surface area contributed by atoms with Crippen LogP contribution >= 0.6 is 11.3 Å². The van der Waals surface area contributed by atoms with Crippen molar-refractivity contribution in [1.29, 1.82) is 0 Å². The second-order valence-corrected chi connectivity index (χ2v) is 5.60. The standard InChI is InChI=1S/C12H18FN3OS/c1-12(13)7-14-4-5-16(8-12)11(17)3-2-10-6-18-9-15-10/h6,9,14H,2-5,7-8H2,1H3. The van der Waals surface area contributed by atoms with Crippen LogP contribution in [0.25, 0.3) is 0 Å². The van der Waals surface area contributed by atoms with Crippen molar-refractivity contribution in [3.05, 3.63) is 16.6 Å². The predicted molar refractivity (Wildman–Crippen MR) is 69.4 cm³/mol. The Labute approximate surface area is 110 Å². The highest BCUT2D eigenvalue weighted by molar-refractivity contribution is 7.07. The Kier molecular flexibility index (Phi) is 4.29. The lowest BCUT2D eigenvalue weighted by Gasteiger charge is -2.26. The van der Waals surface area contributed by atoms with Gasteiger partial charge in [0, 0.05) is 31.4 Å². The minimum atomic E-state index is -1.34. The third-order valence-corrected chi connectivity index (χ3v) is 3.64. The second kappa shape index (κ2) is 5.75. The van der Waals surface area contributed by atoms with E-state index < -0.39 is 5.67 Å². The Balaban J connectivity index is 1.87. The van der Waals surface area contributed by atoms with Crippen molar-refractivity contribution in [2.45, 2.75) is 25.4 Å². The monoisotopic (exact) mass is 271 g/mol. The number of hydrogen-bond acceptors (Lipinski definition) is 4. The Morgan fingerprint density at radius 1 is 1.72 bits per heavy atom. The number of amides is 1. The van der Waals surface area contributed by atoms with Crippen molar-refractivity contribution in [2.24, 2.45) is 0 Å². The molecule has 1 atom stereocenters. The Bertz CT molecular complexity index is 394. The molecule has 100 valence electrons. The van der Waals surface area contributed by atoms with E-state index >= 15 is 0 Å². The average molecular weight is 271 g/mol. The maximum atomic E-state index is 14.0. The molecule has 0 spiro atoms. The molecule has 2 heterocycles. The number of aromatic nitrogens is 1. The summed E-state index contributed by atoms with van der Waals surface area (Å²) in [6.07, 6.45) is 1.04. The van der Waals surface area contributed by atoms with Crippen molar-refractivity contribution < 1.29 is 9.18 Å². The van der Waals surface area contributed by atoms with Gasteiger partial charge in [-0.3, -0.25) is 4.79 Å². The lowest BCUT2D eigenvalue weighted by atomic mass is 10.1. The molecule has 0 radical (unpaired) electrons. The lowest BCUT2D eigenvalue weighted by molar-refractivity contribution is -0.132. The van der Waals surface area contributed by atoms with Gasteiger partial charge in [-0.1, -0.05) is 0 Å². The van der Waals surface area contributed by atoms with E-state index in [2.05, 4.69) is 10.3 Å². The van der Waals surface area contributed by atoms with Crippen LogP contribution in [0.15, 0.2) is 10.9 Å². The molecule has 1 fully saturated rings. The zero-order chi connectivity index (χ0) is 13.0. The number of aryl methyl sites for hydroxylation is 1. The molecule has 1 N–H and O–H groups in total. The first-order valence-corrected chi connectivity index (χ1v) is 7.06. The molecule has 18 heavy (non-hydrogen) atoms. The first kappa shape index (κ1) is 13.4. The van der Waals surface area contributed by atoms with Gasteiger partial charge in [0.1, 0.15) is 5.67 Å². The molecule has 6 heteroatoms. The quantitative estimate of drug-likeness (QED) is 0.899. The van der Waals surface area contributed by atoms with Crippen molar-refractivity contribution in [3.8, 4) is 0 Å². The van der Waals surface area contributed by atoms with Crippen LogP contribution in [-0.2, 0) is 11.2 Å². The van der Waals surface area contributed by atoms with Gasteiger partial charge in [0.2, 0.25) is 5.91 Å². The molecule has 4 nitrogen and oxygen atoms in total. The number of carbonyl (C=O) groups is 1. The number of thiazole rings is 1. The van der Waals surface area contributed by atoms with Gasteiger partial charge < -0.3 is 10.2 Å². The van der Waals surface area contributed by atoms with Gasteiger partial charge in [-0.15, -0.1) is 11.3 Å². The van der Waals surface area contributed by atoms with Gasteiger partial charge in [0.25, 0.3) is 0 Å². The Morgan fingerprint density at radius 2 is 2.56 bits per heavy atom. The topological polar surface area (TPSA) is 45.2 Å². The SMILES string of the molecule is CC1(F)CNCCN(C(=O)CCc2cscn2)C1. The molecule has 0 aliphatic carbocycles. The third kappa shape index (κ3) is 3.74. The first-order chi connectivity index (χ1) is 8.57. The normalized spacial score (nSPS) is 24.9. The minimum Gasteiger partial charge on any atom is -0.338 e. The van der Waals surface area contributed by atoms with Crippen LogP contribution in [0.4, 0.5) is 4.39 Å². The predicted octanol–water partition coefficient (Wildman–Crippen LogP) is 1.24. The van der Waals surface area contributed by atoms with Gasteiger partial charge >= 0.3 is 0 Å². The van der Waals surface area contributed by atoms with Crippen LogP contribution in [-0.4, -0.2) is 47.6 Å². The summed E-state index contributed by atoms with van der Waals surface area (Å²) in [7, 11) is 0. The fraction of sp³-hybridized carbons (Fsp3) is 0.667. The number of nitrogens with zero attached hydrogens (tertiary/aromatic N) is 2. The summed E-state index contributed by atoms with van der Waals surface area (Å²) < 4.78 is 14.0. The molecule has 1 unspecified atom stereocenters. The highest BCUT2D eigenvalue weighted by Gasteiger charge is 2.30. The molecule has 1 amide bonds. The number of rotatable bonds is 3. The van der Waals surface area contributed by atoms with E-state index in [-0.39, 0.29) is 12.5 Å². The molecule has 0 aromatic carbocycles. The number of carbonyl (C=O) groups excluding carboxylic acids is 1. The van der Waals surface area contributed by atoms with Crippen molar-refractivity contribution in [2.75, 3.05) is 26.2 Å². The molecule has 1 aliphatic heterocycles. The molecular formula is C12H18FN3OS. The summed E-state index contributed by atoms with van der Waals surface area (Å²) in [5, 5.41) is 4.95. The summed E-state index contributed by atoms with van der Waals surface area (Å²) in [5.41, 5.74) is 1.35. The fourth-order valence-electron chi connectivity index (χ4n) is 2.06. The van der Waals surface area contributed by atoms with Gasteiger partial charge in [0.15, 0.2) is 0 Å². The maximum absolute atomic E-state index is 14.0. The van der Waals surface area contributed by atoms with Crippen LogP contribution in [0, 0.1) is 0 Å². The summed E-state index contributed by atoms with van der Waals surface area (Å²) in [6.45, 7) is 3.25. The zero-order valence-corrected chi connectivity index (χ0v) is 11.3. The van der Waals surface area contributed by atoms with Gasteiger partial charge in [-0.05, 0) is 13.3 Å². The summed E-state index contributed by atoms with van der Waals surface area (Å²) in [6, 6.07) is 0. The molecular weight excluding hydrogens is 253 g/mol. The molecule has 0 bridgehead atoms. The van der Waals surface area contributed by atoms with Crippen molar-refractivity contribution >= 4 is 17.2 Å². The number of hydrogen-bond donors (Lipinski definition) is 1. The number of halogens is 1. The van der Waals surface area contributed by atoms with Crippen LogP contribution < -0.4 is 5.32 Å². The van der Waals surface area contributed by atoms with E-state index in [0.717, 1.165) is 5.69 Å². The fourth-order valence-corrected chi connectivity index (χ4v) is 2.66. The van der Waals surface area contributed by atoms with Gasteiger partial charge in [-0.25, -0.2) is 9.37 Å². The lowest BCUT2D eigenvalue weighted by Crippen LogP contribution is -2.42.